The number of hydrogen-bond acceptors (Lipinski definition) is 5. The first-order chi connectivity index (χ1) is 16.0. The summed E-state index contributed by atoms with van der Waals surface area (Å²) in [6, 6.07) is 16.7. The molecule has 0 atom stereocenters. The van der Waals surface area contributed by atoms with Gasteiger partial charge in [-0.25, -0.2) is 4.98 Å². The van der Waals surface area contributed by atoms with Gasteiger partial charge >= 0.3 is 0 Å². The van der Waals surface area contributed by atoms with Gasteiger partial charge in [0.2, 0.25) is 5.91 Å². The molecule has 0 radical (unpaired) electrons. The number of thioether (sulfide) groups is 1. The Morgan fingerprint density at radius 1 is 1.12 bits per heavy atom. The maximum atomic E-state index is 13.8. The monoisotopic (exact) mass is 495 g/mol. The zero-order valence-corrected chi connectivity index (χ0v) is 20.5. The van der Waals surface area contributed by atoms with Crippen molar-refractivity contribution in [2.45, 2.75) is 30.8 Å². The molecule has 0 spiro atoms. The molecule has 1 amide bonds. The van der Waals surface area contributed by atoms with E-state index in [1.54, 1.807) is 40.0 Å². The van der Waals surface area contributed by atoms with Crippen molar-refractivity contribution in [2.75, 3.05) is 17.7 Å². The fourth-order valence-electron chi connectivity index (χ4n) is 4.12. The van der Waals surface area contributed by atoms with E-state index in [0.29, 0.717) is 15.9 Å². The third-order valence-corrected chi connectivity index (χ3v) is 8.25. The Morgan fingerprint density at radius 3 is 2.61 bits per heavy atom. The third kappa shape index (κ3) is 4.33. The Kier molecular flexibility index (Phi) is 6.27. The van der Waals surface area contributed by atoms with Crippen LogP contribution in [0.25, 0.3) is 15.9 Å². The standard InChI is InChI=1S/C25H22ClN3O2S2/c1-28(17-7-3-2-4-8-17)21(30)15-32-25-27-23-22(19-9-5-6-10-20(19)33-23)24(31)29(25)18-13-11-16(26)12-14-18/h2-4,7-8,11-14H,5-6,9-10,15H2,1H3. The van der Waals surface area contributed by atoms with Gasteiger partial charge in [-0.2, -0.15) is 0 Å². The van der Waals surface area contributed by atoms with Crippen molar-refractivity contribution in [3.8, 4) is 5.69 Å². The molecular weight excluding hydrogens is 474 g/mol. The van der Waals surface area contributed by atoms with E-state index in [1.807, 2.05) is 42.5 Å². The molecule has 2 aromatic heterocycles. The highest BCUT2D eigenvalue weighted by molar-refractivity contribution is 7.99. The van der Waals surface area contributed by atoms with E-state index in [2.05, 4.69) is 0 Å². The Balaban J connectivity index is 1.55. The zero-order chi connectivity index (χ0) is 22.9. The number of para-hydroxylation sites is 1. The molecule has 2 aromatic carbocycles. The van der Waals surface area contributed by atoms with Crippen LogP contribution >= 0.6 is 34.7 Å². The lowest BCUT2D eigenvalue weighted by atomic mass is 9.97. The summed E-state index contributed by atoms with van der Waals surface area (Å²) in [5.41, 5.74) is 2.60. The van der Waals surface area contributed by atoms with Gasteiger partial charge in [-0.1, -0.05) is 41.6 Å². The van der Waals surface area contributed by atoms with Crippen molar-refractivity contribution in [2.24, 2.45) is 0 Å². The Labute approximate surface area is 205 Å². The number of benzene rings is 2. The summed E-state index contributed by atoms with van der Waals surface area (Å²) >= 11 is 8.99. The molecule has 4 aromatic rings. The van der Waals surface area contributed by atoms with Crippen LogP contribution in [0.1, 0.15) is 23.3 Å². The number of fused-ring (bicyclic) bond motifs is 3. The number of rotatable bonds is 5. The number of thiophene rings is 1. The number of anilines is 1. The number of carbonyl (C=O) groups excluding carboxylic acids is 1. The smallest absolute Gasteiger partial charge is 0.267 e. The number of amides is 1. The highest BCUT2D eigenvalue weighted by Crippen LogP contribution is 2.35. The summed E-state index contributed by atoms with van der Waals surface area (Å²) < 4.78 is 1.63. The van der Waals surface area contributed by atoms with Crippen LogP contribution in [0.5, 0.6) is 0 Å². The van der Waals surface area contributed by atoms with Crippen molar-refractivity contribution in [1.82, 2.24) is 9.55 Å². The van der Waals surface area contributed by atoms with Crippen LogP contribution in [0.3, 0.4) is 0 Å². The summed E-state index contributed by atoms with van der Waals surface area (Å²) in [5.74, 6) is 0.107. The van der Waals surface area contributed by atoms with Crippen LogP contribution in [-0.2, 0) is 17.6 Å². The zero-order valence-electron chi connectivity index (χ0n) is 18.1. The van der Waals surface area contributed by atoms with Crippen LogP contribution in [0.15, 0.2) is 64.5 Å². The second kappa shape index (κ2) is 9.33. The lowest BCUT2D eigenvalue weighted by Crippen LogP contribution is -2.28. The average molecular weight is 496 g/mol. The molecule has 0 bridgehead atoms. The Hall–Kier alpha value is -2.61. The predicted molar refractivity (Wildman–Crippen MR) is 137 cm³/mol. The summed E-state index contributed by atoms with van der Waals surface area (Å²) in [6.07, 6.45) is 4.16. The first-order valence-electron chi connectivity index (χ1n) is 10.8. The van der Waals surface area contributed by atoms with Gasteiger partial charge in [0.15, 0.2) is 5.16 Å². The molecule has 0 saturated carbocycles. The van der Waals surface area contributed by atoms with E-state index in [4.69, 9.17) is 16.6 Å². The van der Waals surface area contributed by atoms with E-state index in [9.17, 15) is 9.59 Å². The molecule has 5 rings (SSSR count). The fraction of sp³-hybridized carbons (Fsp3) is 0.240. The van der Waals surface area contributed by atoms with E-state index in [1.165, 1.54) is 16.6 Å². The van der Waals surface area contributed by atoms with Gasteiger partial charge in [0.05, 0.1) is 16.8 Å². The molecule has 1 aliphatic carbocycles. The molecule has 0 N–H and O–H groups in total. The van der Waals surface area contributed by atoms with Gasteiger partial charge in [0.1, 0.15) is 4.83 Å². The van der Waals surface area contributed by atoms with Gasteiger partial charge in [-0.15, -0.1) is 11.3 Å². The molecule has 0 unspecified atom stereocenters. The van der Waals surface area contributed by atoms with Crippen LogP contribution in [0.2, 0.25) is 5.02 Å². The lowest BCUT2D eigenvalue weighted by molar-refractivity contribution is -0.115. The summed E-state index contributed by atoms with van der Waals surface area (Å²) in [5, 5.41) is 1.84. The van der Waals surface area contributed by atoms with Crippen molar-refractivity contribution >= 4 is 56.5 Å². The first-order valence-corrected chi connectivity index (χ1v) is 13.0. The number of carbonyl (C=O) groups is 1. The third-order valence-electron chi connectivity index (χ3n) is 5.89. The van der Waals surface area contributed by atoms with Crippen molar-refractivity contribution < 1.29 is 4.79 Å². The van der Waals surface area contributed by atoms with Gasteiger partial charge in [0, 0.05) is 22.6 Å². The van der Waals surface area contributed by atoms with Gasteiger partial charge in [0.25, 0.3) is 5.56 Å². The Morgan fingerprint density at radius 2 is 1.85 bits per heavy atom. The van der Waals surface area contributed by atoms with Gasteiger partial charge < -0.3 is 4.90 Å². The van der Waals surface area contributed by atoms with E-state index in [-0.39, 0.29) is 17.2 Å². The van der Waals surface area contributed by atoms with Crippen molar-refractivity contribution in [3.63, 3.8) is 0 Å². The molecule has 2 heterocycles. The molecule has 8 heteroatoms. The molecule has 0 saturated heterocycles. The van der Waals surface area contributed by atoms with Crippen LogP contribution in [0.4, 0.5) is 5.69 Å². The van der Waals surface area contributed by atoms with E-state index < -0.39 is 0 Å². The average Bonchev–Trinajstić information content (AvgIpc) is 3.22. The normalized spacial score (nSPS) is 13.2. The first kappa shape index (κ1) is 22.2. The van der Waals surface area contributed by atoms with Crippen molar-refractivity contribution in [1.29, 1.82) is 0 Å². The highest BCUT2D eigenvalue weighted by atomic mass is 35.5. The van der Waals surface area contributed by atoms with E-state index in [0.717, 1.165) is 47.2 Å². The van der Waals surface area contributed by atoms with Crippen LogP contribution in [0, 0.1) is 0 Å². The SMILES string of the molecule is CN(C(=O)CSc1nc2sc3c(c2c(=O)n1-c1ccc(Cl)cc1)CCCC3)c1ccccc1. The highest BCUT2D eigenvalue weighted by Gasteiger charge is 2.23. The number of halogens is 1. The van der Waals surface area contributed by atoms with Crippen LogP contribution < -0.4 is 10.5 Å². The minimum Gasteiger partial charge on any atom is -0.315 e. The number of aromatic nitrogens is 2. The molecule has 5 nitrogen and oxygen atoms in total. The molecule has 168 valence electrons. The maximum Gasteiger partial charge on any atom is 0.267 e. The van der Waals surface area contributed by atoms with Crippen LogP contribution in [-0.4, -0.2) is 28.3 Å². The second-order valence-corrected chi connectivity index (χ2v) is 10.4. The number of hydrogen-bond donors (Lipinski definition) is 0. The maximum absolute atomic E-state index is 13.8. The summed E-state index contributed by atoms with van der Waals surface area (Å²) in [6.45, 7) is 0. The topological polar surface area (TPSA) is 55.2 Å². The minimum atomic E-state index is -0.0758. The summed E-state index contributed by atoms with van der Waals surface area (Å²) in [4.78, 5) is 35.2. The quantitative estimate of drug-likeness (QED) is 0.262. The largest absolute Gasteiger partial charge is 0.315 e. The Bertz CT molecular complexity index is 1380. The molecule has 0 aliphatic heterocycles. The van der Waals surface area contributed by atoms with Crippen molar-refractivity contribution in [3.05, 3.63) is 80.4 Å². The van der Waals surface area contributed by atoms with Gasteiger partial charge in [-0.3, -0.25) is 14.2 Å². The second-order valence-electron chi connectivity index (χ2n) is 7.98. The lowest BCUT2D eigenvalue weighted by Gasteiger charge is -2.18. The molecular formula is C25H22ClN3O2S2. The number of aryl methyl sites for hydroxylation is 2. The minimum absolute atomic E-state index is 0.0614. The molecule has 0 fully saturated rings. The fourth-order valence-corrected chi connectivity index (χ4v) is 6.47. The van der Waals surface area contributed by atoms with E-state index >= 15 is 0 Å². The summed E-state index contributed by atoms with van der Waals surface area (Å²) in [7, 11) is 1.76. The molecule has 1 aliphatic rings. The van der Waals surface area contributed by atoms with Gasteiger partial charge in [-0.05, 0) is 67.6 Å². The predicted octanol–water partition coefficient (Wildman–Crippen LogP) is 5.73. The number of nitrogens with zero attached hydrogens (tertiary/aromatic N) is 3. The molecule has 33 heavy (non-hydrogen) atoms.